The third-order valence-corrected chi connectivity index (χ3v) is 8.19. The average molecular weight is 524 g/mol. The van der Waals surface area contributed by atoms with E-state index in [2.05, 4.69) is 122 Å². The number of para-hydroxylation sites is 1. The topological polar surface area (TPSA) is 22.3 Å². The Hall–Kier alpha value is -3.20. The maximum absolute atomic E-state index is 3.55. The molecule has 208 valence electrons. The number of aromatic nitrogens is 1. The molecule has 0 radical (unpaired) electrons. The Morgan fingerprint density at radius 3 is 2.03 bits per heavy atom. The molecule has 0 fully saturated rings. The van der Waals surface area contributed by atoms with Crippen LogP contribution in [0, 0.1) is 6.92 Å². The van der Waals surface area contributed by atoms with E-state index in [9.17, 15) is 0 Å². The first kappa shape index (κ1) is 28.8. The minimum Gasteiger partial charge on any atom is -0.375 e. The van der Waals surface area contributed by atoms with Crippen molar-refractivity contribution in [3.63, 3.8) is 0 Å². The molecule has 3 heteroatoms. The number of aromatic amines is 1. The lowest BCUT2D eigenvalue weighted by Gasteiger charge is -2.27. The number of aryl methyl sites for hydroxylation is 1. The van der Waals surface area contributed by atoms with Gasteiger partial charge < -0.3 is 14.8 Å². The summed E-state index contributed by atoms with van der Waals surface area (Å²) in [4.78, 5) is 8.53. The van der Waals surface area contributed by atoms with Crippen LogP contribution in [0.1, 0.15) is 93.9 Å². The van der Waals surface area contributed by atoms with Crippen LogP contribution in [0.2, 0.25) is 0 Å². The number of rotatable bonds is 15. The quantitative estimate of drug-likeness (QED) is 0.157. The first-order valence-electron chi connectivity index (χ1n) is 15.3. The fraction of sp³-hybridized carbons (Fsp3) is 0.444. The molecule has 0 amide bonds. The van der Waals surface area contributed by atoms with Gasteiger partial charge in [-0.05, 0) is 78.8 Å². The zero-order chi connectivity index (χ0) is 27.6. The van der Waals surface area contributed by atoms with Crippen molar-refractivity contribution >= 4 is 22.3 Å². The number of nitrogens with zero attached hydrogens (tertiary/aromatic N) is 2. The van der Waals surface area contributed by atoms with Crippen LogP contribution in [-0.2, 0) is 0 Å². The molecule has 4 rings (SSSR count). The minimum atomic E-state index is 0.175. The molecule has 1 atom stereocenters. The van der Waals surface area contributed by atoms with Gasteiger partial charge in [-0.3, -0.25) is 0 Å². The van der Waals surface area contributed by atoms with Crippen LogP contribution in [0.15, 0.2) is 72.9 Å². The second kappa shape index (κ2) is 14.3. The van der Waals surface area contributed by atoms with Gasteiger partial charge in [0.15, 0.2) is 0 Å². The van der Waals surface area contributed by atoms with Gasteiger partial charge in [0.2, 0.25) is 0 Å². The molecule has 4 aromatic rings. The number of benzene rings is 3. The summed E-state index contributed by atoms with van der Waals surface area (Å²) in [5.41, 5.74) is 9.28. The molecular formula is C36H49N3. The standard InChI is InChI=1S/C36H49N3/c1-6-9-14-23-38(5)31-21-22-32(28(4)26-31)36(34-27-37-35-16-13-12-15-33(34)35)29-17-19-30(20-18-29)39(24-10-7-2)25-11-8-3/h12-13,15-22,26-27,36-37H,6-11,14,23-25H2,1-5H3. The molecule has 0 aliphatic heterocycles. The van der Waals surface area contributed by atoms with E-state index in [-0.39, 0.29) is 5.92 Å². The third kappa shape index (κ3) is 7.06. The van der Waals surface area contributed by atoms with E-state index in [1.54, 1.807) is 0 Å². The molecule has 39 heavy (non-hydrogen) atoms. The first-order valence-corrected chi connectivity index (χ1v) is 15.3. The van der Waals surface area contributed by atoms with Crippen molar-refractivity contribution in [2.45, 2.75) is 78.6 Å². The molecule has 0 saturated carbocycles. The predicted octanol–water partition coefficient (Wildman–Crippen LogP) is 9.69. The lowest BCUT2D eigenvalue weighted by atomic mass is 9.82. The van der Waals surface area contributed by atoms with Gasteiger partial charge in [-0.25, -0.2) is 0 Å². The first-order chi connectivity index (χ1) is 19.1. The van der Waals surface area contributed by atoms with Gasteiger partial charge in [-0.2, -0.15) is 0 Å². The summed E-state index contributed by atoms with van der Waals surface area (Å²) < 4.78 is 0. The molecule has 1 aromatic heterocycles. The SMILES string of the molecule is CCCCCN(C)c1ccc(C(c2ccc(N(CCCC)CCCC)cc2)c2c[nH]c3ccccc23)c(C)c1. The summed E-state index contributed by atoms with van der Waals surface area (Å²) in [5, 5.41) is 1.30. The highest BCUT2D eigenvalue weighted by Crippen LogP contribution is 2.39. The van der Waals surface area contributed by atoms with Crippen LogP contribution >= 0.6 is 0 Å². The van der Waals surface area contributed by atoms with Crippen LogP contribution in [-0.4, -0.2) is 31.7 Å². The maximum atomic E-state index is 3.55. The van der Waals surface area contributed by atoms with Crippen molar-refractivity contribution in [1.29, 1.82) is 0 Å². The Kier molecular flexibility index (Phi) is 10.5. The van der Waals surface area contributed by atoms with Crippen molar-refractivity contribution in [2.24, 2.45) is 0 Å². The van der Waals surface area contributed by atoms with Crippen LogP contribution in [0.5, 0.6) is 0 Å². The van der Waals surface area contributed by atoms with Gasteiger partial charge in [0.05, 0.1) is 0 Å². The normalized spacial score (nSPS) is 12.1. The Labute approximate surface area is 237 Å². The van der Waals surface area contributed by atoms with Gasteiger partial charge in [0.1, 0.15) is 0 Å². The number of hydrogen-bond acceptors (Lipinski definition) is 2. The summed E-state index contributed by atoms with van der Waals surface area (Å²) >= 11 is 0. The van der Waals surface area contributed by atoms with Crippen molar-refractivity contribution in [3.05, 3.63) is 95.2 Å². The molecule has 1 heterocycles. The molecule has 0 saturated heterocycles. The summed E-state index contributed by atoms with van der Waals surface area (Å²) in [6.45, 7) is 12.5. The number of H-pyrrole nitrogens is 1. The van der Waals surface area contributed by atoms with Crippen LogP contribution in [0.3, 0.4) is 0 Å². The fourth-order valence-electron chi connectivity index (χ4n) is 5.75. The Morgan fingerprint density at radius 1 is 0.692 bits per heavy atom. The molecule has 3 aromatic carbocycles. The van der Waals surface area contributed by atoms with Gasteiger partial charge in [-0.15, -0.1) is 0 Å². The summed E-state index contributed by atoms with van der Waals surface area (Å²) in [6.07, 6.45) is 10.9. The average Bonchev–Trinajstić information content (AvgIpc) is 3.38. The monoisotopic (exact) mass is 523 g/mol. The predicted molar refractivity (Wildman–Crippen MR) is 172 cm³/mol. The van der Waals surface area contributed by atoms with Crippen molar-refractivity contribution in [3.8, 4) is 0 Å². The fourth-order valence-corrected chi connectivity index (χ4v) is 5.75. The molecule has 0 spiro atoms. The third-order valence-electron chi connectivity index (χ3n) is 8.19. The molecule has 0 bridgehead atoms. The van der Waals surface area contributed by atoms with E-state index in [1.807, 2.05) is 0 Å². The zero-order valence-corrected chi connectivity index (χ0v) is 25.0. The van der Waals surface area contributed by atoms with Crippen molar-refractivity contribution in [1.82, 2.24) is 4.98 Å². The van der Waals surface area contributed by atoms with Crippen molar-refractivity contribution < 1.29 is 0 Å². The lowest BCUT2D eigenvalue weighted by Crippen LogP contribution is -2.25. The maximum Gasteiger partial charge on any atom is 0.0457 e. The molecule has 0 aliphatic rings. The number of hydrogen-bond donors (Lipinski definition) is 1. The number of fused-ring (bicyclic) bond motifs is 1. The smallest absolute Gasteiger partial charge is 0.0457 e. The van der Waals surface area contributed by atoms with Crippen LogP contribution in [0.4, 0.5) is 11.4 Å². The lowest BCUT2D eigenvalue weighted by molar-refractivity contribution is 0.678. The number of nitrogens with one attached hydrogen (secondary N) is 1. The molecule has 1 unspecified atom stereocenters. The number of anilines is 2. The Balaban J connectivity index is 1.71. The zero-order valence-electron chi connectivity index (χ0n) is 25.0. The molecule has 0 aliphatic carbocycles. The summed E-state index contributed by atoms with van der Waals surface area (Å²) in [6, 6.07) is 25.2. The Bertz CT molecular complexity index is 1280. The van der Waals surface area contributed by atoms with Gasteiger partial charge >= 0.3 is 0 Å². The minimum absolute atomic E-state index is 0.175. The second-order valence-corrected chi connectivity index (χ2v) is 11.2. The second-order valence-electron chi connectivity index (χ2n) is 11.2. The number of unbranched alkanes of at least 4 members (excludes halogenated alkanes) is 4. The summed E-state index contributed by atoms with van der Waals surface area (Å²) in [5.74, 6) is 0.175. The van der Waals surface area contributed by atoms with Gasteiger partial charge in [0.25, 0.3) is 0 Å². The molecular weight excluding hydrogens is 474 g/mol. The van der Waals surface area contributed by atoms with E-state index in [4.69, 9.17) is 0 Å². The van der Waals surface area contributed by atoms with Gasteiger partial charge in [0, 0.05) is 61.1 Å². The van der Waals surface area contributed by atoms with E-state index in [0.29, 0.717) is 0 Å². The van der Waals surface area contributed by atoms with E-state index in [0.717, 1.165) is 19.6 Å². The van der Waals surface area contributed by atoms with Crippen LogP contribution < -0.4 is 9.80 Å². The molecule has 3 nitrogen and oxygen atoms in total. The van der Waals surface area contributed by atoms with Crippen LogP contribution in [0.25, 0.3) is 10.9 Å². The van der Waals surface area contributed by atoms with E-state index < -0.39 is 0 Å². The highest BCUT2D eigenvalue weighted by atomic mass is 15.1. The Morgan fingerprint density at radius 2 is 1.36 bits per heavy atom. The highest BCUT2D eigenvalue weighted by Gasteiger charge is 2.23. The van der Waals surface area contributed by atoms with Gasteiger partial charge in [-0.1, -0.05) is 82.9 Å². The van der Waals surface area contributed by atoms with E-state index >= 15 is 0 Å². The van der Waals surface area contributed by atoms with E-state index in [1.165, 1.54) is 89.5 Å². The molecule has 1 N–H and O–H groups in total. The summed E-state index contributed by atoms with van der Waals surface area (Å²) in [7, 11) is 2.23. The largest absolute Gasteiger partial charge is 0.375 e. The highest BCUT2D eigenvalue weighted by molar-refractivity contribution is 5.85. The van der Waals surface area contributed by atoms with Crippen molar-refractivity contribution in [2.75, 3.05) is 36.5 Å².